The molecule has 0 aliphatic heterocycles. The Labute approximate surface area is 173 Å². The van der Waals surface area contributed by atoms with Gasteiger partial charge < -0.3 is 14.8 Å². The van der Waals surface area contributed by atoms with Crippen LogP contribution in [0.5, 0.6) is 11.5 Å². The molecule has 150 valence electrons. The predicted molar refractivity (Wildman–Crippen MR) is 110 cm³/mol. The van der Waals surface area contributed by atoms with Gasteiger partial charge in [0.2, 0.25) is 0 Å². The molecule has 0 aliphatic rings. The van der Waals surface area contributed by atoms with Crippen molar-refractivity contribution in [1.29, 1.82) is 0 Å². The number of rotatable bonds is 8. The van der Waals surface area contributed by atoms with Gasteiger partial charge in [-0.3, -0.25) is 9.59 Å². The summed E-state index contributed by atoms with van der Waals surface area (Å²) in [4.78, 5) is 23.8. The van der Waals surface area contributed by atoms with Crippen LogP contribution in [0.4, 0.5) is 5.82 Å². The van der Waals surface area contributed by atoms with Crippen molar-refractivity contribution in [3.8, 4) is 11.5 Å². The monoisotopic (exact) mass is 413 g/mol. The molecular weight excluding hydrogens is 394 g/mol. The average Bonchev–Trinajstić information content (AvgIpc) is 3.14. The summed E-state index contributed by atoms with van der Waals surface area (Å²) in [5, 5.41) is 7.62. The van der Waals surface area contributed by atoms with Crippen LogP contribution < -0.4 is 14.8 Å². The molecule has 0 saturated heterocycles. The van der Waals surface area contributed by atoms with Crippen molar-refractivity contribution in [1.82, 2.24) is 9.78 Å². The van der Waals surface area contributed by atoms with E-state index < -0.39 is 0 Å². The van der Waals surface area contributed by atoms with E-state index in [9.17, 15) is 9.59 Å². The summed E-state index contributed by atoms with van der Waals surface area (Å²) in [5.74, 6) is 0.840. The molecule has 0 radical (unpaired) electrons. The highest BCUT2D eigenvalue weighted by Crippen LogP contribution is 2.28. The molecule has 1 heterocycles. The lowest BCUT2D eigenvalue weighted by atomic mass is 10.1. The molecule has 2 aromatic carbocycles. The smallest absolute Gasteiger partial charge is 0.263 e. The lowest BCUT2D eigenvalue weighted by molar-refractivity contribution is -0.118. The van der Waals surface area contributed by atoms with Gasteiger partial charge in [0.25, 0.3) is 5.91 Å². The van der Waals surface area contributed by atoms with Crippen molar-refractivity contribution < 1.29 is 19.1 Å². The summed E-state index contributed by atoms with van der Waals surface area (Å²) in [7, 11) is 1.47. The Balaban J connectivity index is 1.63. The molecule has 1 aromatic heterocycles. The van der Waals surface area contributed by atoms with Gasteiger partial charge in [-0.25, -0.2) is 4.68 Å². The number of anilines is 1. The van der Waals surface area contributed by atoms with Gasteiger partial charge in [-0.1, -0.05) is 29.8 Å². The highest BCUT2D eigenvalue weighted by atomic mass is 35.5. The average molecular weight is 414 g/mol. The van der Waals surface area contributed by atoms with Crippen molar-refractivity contribution in [3.63, 3.8) is 0 Å². The number of carbonyl (C=O) groups excluding carboxylic acids is 2. The lowest BCUT2D eigenvalue weighted by Gasteiger charge is -2.13. The van der Waals surface area contributed by atoms with E-state index in [1.54, 1.807) is 41.2 Å². The van der Waals surface area contributed by atoms with Crippen LogP contribution in [0.15, 0.2) is 54.7 Å². The van der Waals surface area contributed by atoms with Crippen molar-refractivity contribution >= 4 is 29.1 Å². The fraction of sp³-hybridized carbons (Fsp3) is 0.190. The number of halogens is 1. The highest BCUT2D eigenvalue weighted by Gasteiger charge is 2.13. The number of nitrogens with zero attached hydrogens (tertiary/aromatic N) is 2. The number of ether oxygens (including phenoxy) is 2. The minimum Gasteiger partial charge on any atom is -0.493 e. The Hall–Kier alpha value is -3.32. The number of aromatic nitrogens is 2. The zero-order valence-corrected chi connectivity index (χ0v) is 16.8. The van der Waals surface area contributed by atoms with Gasteiger partial charge in [-0.15, -0.1) is 0 Å². The fourth-order valence-electron chi connectivity index (χ4n) is 2.68. The molecule has 0 unspecified atom stereocenters. The number of Topliss-reactive ketones (excluding diaryl/α,β-unsaturated/α-hetero) is 1. The van der Waals surface area contributed by atoms with Crippen LogP contribution in [0.1, 0.15) is 22.8 Å². The standard InChI is InChI=1S/C21H20ClN3O4/c1-14(26)15-7-8-18(19(11-15)28-2)29-13-21(27)24-20-9-10-23-25(20)12-16-5-3-4-6-17(16)22/h3-11H,12-13H2,1-2H3,(H,24,27). The highest BCUT2D eigenvalue weighted by molar-refractivity contribution is 6.31. The maximum atomic E-state index is 12.3. The molecule has 3 rings (SSSR count). The van der Waals surface area contributed by atoms with Gasteiger partial charge in [0.15, 0.2) is 23.9 Å². The Morgan fingerprint density at radius 1 is 1.14 bits per heavy atom. The van der Waals surface area contributed by atoms with Gasteiger partial charge in [0, 0.05) is 16.7 Å². The van der Waals surface area contributed by atoms with Gasteiger partial charge in [-0.2, -0.15) is 5.10 Å². The van der Waals surface area contributed by atoms with Gasteiger partial charge in [0.05, 0.1) is 19.9 Å². The summed E-state index contributed by atoms with van der Waals surface area (Å²) in [6.07, 6.45) is 1.59. The maximum absolute atomic E-state index is 12.3. The second kappa shape index (κ2) is 9.25. The molecule has 0 spiro atoms. The van der Waals surface area contributed by atoms with E-state index in [4.69, 9.17) is 21.1 Å². The van der Waals surface area contributed by atoms with Crippen molar-refractivity contribution in [2.75, 3.05) is 19.0 Å². The summed E-state index contributed by atoms with van der Waals surface area (Å²) >= 11 is 6.19. The molecule has 1 N–H and O–H groups in total. The summed E-state index contributed by atoms with van der Waals surface area (Å²) < 4.78 is 12.4. The van der Waals surface area contributed by atoms with E-state index in [1.807, 2.05) is 18.2 Å². The third-order valence-corrected chi connectivity index (χ3v) is 4.56. The predicted octanol–water partition coefficient (Wildman–Crippen LogP) is 3.81. The van der Waals surface area contributed by atoms with Crippen LogP contribution in [0.2, 0.25) is 5.02 Å². The third-order valence-electron chi connectivity index (χ3n) is 4.19. The molecule has 7 nitrogen and oxygen atoms in total. The van der Waals surface area contributed by atoms with E-state index >= 15 is 0 Å². The van der Waals surface area contributed by atoms with Gasteiger partial charge in [0.1, 0.15) is 5.82 Å². The van der Waals surface area contributed by atoms with Crippen LogP contribution in [-0.4, -0.2) is 35.2 Å². The summed E-state index contributed by atoms with van der Waals surface area (Å²) in [5.41, 5.74) is 1.39. The molecule has 8 heteroatoms. The van der Waals surface area contributed by atoms with Gasteiger partial charge in [-0.05, 0) is 36.8 Å². The number of amides is 1. The zero-order valence-electron chi connectivity index (χ0n) is 16.0. The van der Waals surface area contributed by atoms with E-state index in [2.05, 4.69) is 10.4 Å². The first-order valence-electron chi connectivity index (χ1n) is 8.84. The minimum atomic E-state index is -0.358. The number of ketones is 1. The second-order valence-corrected chi connectivity index (χ2v) is 6.63. The van der Waals surface area contributed by atoms with E-state index in [0.29, 0.717) is 34.4 Å². The van der Waals surface area contributed by atoms with Crippen molar-refractivity contribution in [3.05, 3.63) is 70.9 Å². The SMILES string of the molecule is COc1cc(C(C)=O)ccc1OCC(=O)Nc1ccnn1Cc1ccccc1Cl. The molecule has 3 aromatic rings. The van der Waals surface area contributed by atoms with Crippen LogP contribution in [0.25, 0.3) is 0 Å². The topological polar surface area (TPSA) is 82.4 Å². The molecule has 0 saturated carbocycles. The number of methoxy groups -OCH3 is 1. The molecule has 0 fully saturated rings. The fourth-order valence-corrected chi connectivity index (χ4v) is 2.88. The van der Waals surface area contributed by atoms with Crippen LogP contribution in [0.3, 0.4) is 0 Å². The quantitative estimate of drug-likeness (QED) is 0.568. The van der Waals surface area contributed by atoms with Crippen molar-refractivity contribution in [2.24, 2.45) is 0 Å². The number of benzene rings is 2. The molecular formula is C21H20ClN3O4. The maximum Gasteiger partial charge on any atom is 0.263 e. The normalized spacial score (nSPS) is 10.4. The van der Waals surface area contributed by atoms with Crippen LogP contribution >= 0.6 is 11.6 Å². The van der Waals surface area contributed by atoms with Crippen LogP contribution in [-0.2, 0) is 11.3 Å². The Bertz CT molecular complexity index is 1030. The summed E-state index contributed by atoms with van der Waals surface area (Å²) in [6, 6.07) is 13.9. The van der Waals surface area contributed by atoms with E-state index in [0.717, 1.165) is 5.56 Å². The first-order chi connectivity index (χ1) is 14.0. The Kier molecular flexibility index (Phi) is 6.51. The summed E-state index contributed by atoms with van der Waals surface area (Å²) in [6.45, 7) is 1.66. The number of nitrogens with one attached hydrogen (secondary N) is 1. The first-order valence-corrected chi connectivity index (χ1v) is 9.22. The van der Waals surface area contributed by atoms with E-state index in [-0.39, 0.29) is 18.3 Å². The Morgan fingerprint density at radius 2 is 1.93 bits per heavy atom. The van der Waals surface area contributed by atoms with E-state index in [1.165, 1.54) is 14.0 Å². The lowest BCUT2D eigenvalue weighted by Crippen LogP contribution is -2.22. The van der Waals surface area contributed by atoms with Crippen LogP contribution in [0, 0.1) is 0 Å². The Morgan fingerprint density at radius 3 is 2.66 bits per heavy atom. The minimum absolute atomic E-state index is 0.0839. The van der Waals surface area contributed by atoms with Crippen molar-refractivity contribution in [2.45, 2.75) is 13.5 Å². The third kappa shape index (κ3) is 5.14. The zero-order chi connectivity index (χ0) is 20.8. The molecule has 29 heavy (non-hydrogen) atoms. The number of carbonyl (C=O) groups is 2. The number of hydrogen-bond acceptors (Lipinski definition) is 5. The number of hydrogen-bond donors (Lipinski definition) is 1. The molecule has 0 atom stereocenters. The first kappa shape index (κ1) is 20.4. The molecule has 0 bridgehead atoms. The van der Waals surface area contributed by atoms with Gasteiger partial charge >= 0.3 is 0 Å². The molecule has 0 aliphatic carbocycles. The molecule has 1 amide bonds. The second-order valence-electron chi connectivity index (χ2n) is 6.22. The largest absolute Gasteiger partial charge is 0.493 e.